The third-order valence-corrected chi connectivity index (χ3v) is 10.2. The van der Waals surface area contributed by atoms with E-state index < -0.39 is 29.8 Å². The lowest BCUT2D eigenvalue weighted by Crippen LogP contribution is -2.53. The highest BCUT2D eigenvalue weighted by atomic mass is 16.6. The van der Waals surface area contributed by atoms with E-state index in [0.717, 1.165) is 24.8 Å². The van der Waals surface area contributed by atoms with Gasteiger partial charge in [-0.3, -0.25) is 4.79 Å². The van der Waals surface area contributed by atoms with Crippen LogP contribution in [0.25, 0.3) is 0 Å². The normalized spacial score (nSPS) is 29.6. The summed E-state index contributed by atoms with van der Waals surface area (Å²) in [6, 6.07) is 0. The van der Waals surface area contributed by atoms with Crippen molar-refractivity contribution in [2.75, 3.05) is 20.8 Å². The summed E-state index contributed by atoms with van der Waals surface area (Å²) in [7, 11) is 3.11. The molecule has 0 bridgehead atoms. The predicted molar refractivity (Wildman–Crippen MR) is 209 cm³/mol. The Bertz CT molecular complexity index is 1320. The fraction of sp³-hybridized carbons (Fsp3) is 0.667. The molecule has 2 rings (SSSR count). The summed E-state index contributed by atoms with van der Waals surface area (Å²) in [5.41, 5.74) is 6.43. The number of rotatable bonds is 20. The van der Waals surface area contributed by atoms with Crippen molar-refractivity contribution in [1.82, 2.24) is 5.32 Å². The van der Waals surface area contributed by atoms with E-state index in [-0.39, 0.29) is 67.0 Å². The zero-order valence-corrected chi connectivity index (χ0v) is 33.6. The van der Waals surface area contributed by atoms with Crippen molar-refractivity contribution in [3.8, 4) is 0 Å². The van der Waals surface area contributed by atoms with Gasteiger partial charge in [0.2, 0.25) is 0 Å². The molecule has 0 aromatic carbocycles. The van der Waals surface area contributed by atoms with Crippen LogP contribution < -0.4 is 11.1 Å². The van der Waals surface area contributed by atoms with Crippen LogP contribution in [0.3, 0.4) is 0 Å². The Hall–Kier alpha value is -3.22. The van der Waals surface area contributed by atoms with Crippen LogP contribution in [0.1, 0.15) is 93.4 Å². The lowest BCUT2D eigenvalue weighted by molar-refractivity contribution is -0.208. The molecule has 300 valence electrons. The maximum atomic E-state index is 11.9. The average Bonchev–Trinajstić information content (AvgIpc) is 3.09. The number of nitrogens with two attached hydrogens (primary N) is 1. The maximum absolute atomic E-state index is 11.9. The molecule has 0 aliphatic carbocycles. The van der Waals surface area contributed by atoms with E-state index in [1.165, 1.54) is 12.7 Å². The summed E-state index contributed by atoms with van der Waals surface area (Å²) in [5, 5.41) is 24.4. The maximum Gasteiger partial charge on any atom is 0.404 e. The largest absolute Gasteiger partial charge is 0.492 e. The highest BCUT2D eigenvalue weighted by Crippen LogP contribution is 2.39. The molecule has 0 aromatic heterocycles. The van der Waals surface area contributed by atoms with Crippen LogP contribution in [0.4, 0.5) is 4.79 Å². The smallest absolute Gasteiger partial charge is 0.404 e. The number of nitrogens with one attached hydrogen (secondary N) is 1. The third kappa shape index (κ3) is 16.8. The monoisotopic (exact) mass is 744 g/mol. The molecule has 11 nitrogen and oxygen atoms in total. The number of carbonyl (C=O) groups excluding carboxylic acids is 2. The Kier molecular flexibility index (Phi) is 19.8. The molecular weight excluding hydrogens is 676 g/mol. The molecule has 2 fully saturated rings. The van der Waals surface area contributed by atoms with Crippen LogP contribution >= 0.6 is 0 Å². The van der Waals surface area contributed by atoms with E-state index in [2.05, 4.69) is 57.8 Å². The van der Waals surface area contributed by atoms with Gasteiger partial charge in [0.25, 0.3) is 5.91 Å². The number of ether oxygens (including phenoxy) is 5. The molecule has 2 aliphatic heterocycles. The van der Waals surface area contributed by atoms with Crippen LogP contribution in [0.2, 0.25) is 0 Å². The number of carbonyl (C=O) groups is 2. The van der Waals surface area contributed by atoms with Gasteiger partial charge in [-0.15, -0.1) is 0 Å². The zero-order valence-electron chi connectivity index (χ0n) is 33.6. The summed E-state index contributed by atoms with van der Waals surface area (Å²) in [6.07, 6.45) is 17.6. The number of aliphatic hydroxyl groups excluding tert-OH is 1. The highest BCUT2D eigenvalue weighted by Gasteiger charge is 2.45. The van der Waals surface area contributed by atoms with Crippen LogP contribution in [-0.4, -0.2) is 91.3 Å². The second kappa shape index (κ2) is 22.9. The Morgan fingerprint density at radius 3 is 2.47 bits per heavy atom. The lowest BCUT2D eigenvalue weighted by Gasteiger charge is -2.47. The van der Waals surface area contributed by atoms with Crippen molar-refractivity contribution in [3.63, 3.8) is 0 Å². The number of amides is 2. The first-order valence-corrected chi connectivity index (χ1v) is 19.0. The molecule has 2 amide bonds. The predicted octanol–water partition coefficient (Wildman–Crippen LogP) is 6.61. The second-order valence-electron chi connectivity index (χ2n) is 15.3. The molecule has 0 saturated carbocycles. The van der Waals surface area contributed by atoms with Gasteiger partial charge in [0.1, 0.15) is 6.10 Å². The van der Waals surface area contributed by atoms with Crippen LogP contribution in [0.5, 0.6) is 0 Å². The molecule has 2 heterocycles. The third-order valence-electron chi connectivity index (χ3n) is 10.2. The summed E-state index contributed by atoms with van der Waals surface area (Å²) in [4.78, 5) is 23.4. The quantitative estimate of drug-likeness (QED) is 0.0612. The van der Waals surface area contributed by atoms with Crippen molar-refractivity contribution in [2.24, 2.45) is 23.5 Å². The molecule has 0 spiro atoms. The van der Waals surface area contributed by atoms with E-state index in [1.54, 1.807) is 7.11 Å². The fourth-order valence-electron chi connectivity index (χ4n) is 7.11. The van der Waals surface area contributed by atoms with E-state index in [0.29, 0.717) is 19.3 Å². The van der Waals surface area contributed by atoms with Crippen LogP contribution in [-0.2, 0) is 28.5 Å². The van der Waals surface area contributed by atoms with Gasteiger partial charge in [0, 0.05) is 45.3 Å². The topological polar surface area (TPSA) is 159 Å². The number of aliphatic hydroxyl groups is 2. The molecular formula is C42H68N2O9. The number of primary amides is 1. The molecule has 2 aliphatic rings. The Labute approximate surface area is 318 Å². The van der Waals surface area contributed by atoms with Crippen molar-refractivity contribution in [2.45, 2.75) is 142 Å². The number of hydrogen-bond acceptors (Lipinski definition) is 9. The van der Waals surface area contributed by atoms with Gasteiger partial charge in [0.05, 0.1) is 49.3 Å². The van der Waals surface area contributed by atoms with Gasteiger partial charge >= 0.3 is 6.09 Å². The average molecular weight is 745 g/mol. The highest BCUT2D eigenvalue weighted by molar-refractivity contribution is 5.90. The number of allylic oxidation sites excluding steroid dienone is 8. The molecule has 0 radical (unpaired) electrons. The van der Waals surface area contributed by atoms with Gasteiger partial charge in [0.15, 0.2) is 5.76 Å². The molecule has 11 unspecified atom stereocenters. The Balaban J connectivity index is 2.02. The van der Waals surface area contributed by atoms with Gasteiger partial charge in [-0.1, -0.05) is 87.1 Å². The lowest BCUT2D eigenvalue weighted by atomic mass is 9.77. The van der Waals surface area contributed by atoms with E-state index in [1.807, 2.05) is 51.2 Å². The van der Waals surface area contributed by atoms with Gasteiger partial charge < -0.3 is 44.9 Å². The van der Waals surface area contributed by atoms with Crippen molar-refractivity contribution < 1.29 is 43.5 Å². The van der Waals surface area contributed by atoms with Gasteiger partial charge in [-0.05, 0) is 58.8 Å². The van der Waals surface area contributed by atoms with Crippen molar-refractivity contribution in [3.05, 3.63) is 72.1 Å². The van der Waals surface area contributed by atoms with Gasteiger partial charge in [-0.2, -0.15) is 0 Å². The summed E-state index contributed by atoms with van der Waals surface area (Å²) in [6.45, 7) is 17.8. The molecule has 53 heavy (non-hydrogen) atoms. The van der Waals surface area contributed by atoms with E-state index in [4.69, 9.17) is 29.4 Å². The molecule has 0 aromatic rings. The van der Waals surface area contributed by atoms with Crippen LogP contribution in [0.15, 0.2) is 72.1 Å². The van der Waals surface area contributed by atoms with E-state index >= 15 is 0 Å². The molecule has 2 saturated heterocycles. The summed E-state index contributed by atoms with van der Waals surface area (Å²) >= 11 is 0. The van der Waals surface area contributed by atoms with Gasteiger partial charge in [-0.25, -0.2) is 4.79 Å². The number of hydrogen-bond donors (Lipinski definition) is 4. The molecule has 11 atom stereocenters. The Morgan fingerprint density at radius 1 is 1.11 bits per heavy atom. The first-order chi connectivity index (χ1) is 25.0. The standard InChI is InChI=1S/C42H68N2O9/c1-11-12-13-14-28(3)19-30(5)37-23-35(50-10)22-36(51-37)24-38-31(6)25-42(8,48)39(53-38)20-29(4)16-15-27(2)17-18-34(52-41(43)47)21-33(45)26-44-40(46)32(7)49-9/h11-17,19,29-31,33-39,45,48H,7,18,20-26H2,1-6,8-10H3,(H2,43,47)(H,44,46)/b12-11+,14-13+,16-15+,27-17+,28-19+. The van der Waals surface area contributed by atoms with E-state index in [9.17, 15) is 19.8 Å². The SMILES string of the molecule is C=C(OC)C(=O)NCC(O)CC(C/C=C(C)/C=C/C(C)CC1OC(CC2CC(OC)CC(C(C)/C=C(C)/C=C/C=C/C)O2)C(C)CC1(C)O)OC(N)=O. The summed E-state index contributed by atoms with van der Waals surface area (Å²) < 4.78 is 29.3. The molecule has 11 heteroatoms. The Morgan fingerprint density at radius 2 is 1.83 bits per heavy atom. The first kappa shape index (κ1) is 45.9. The van der Waals surface area contributed by atoms with Crippen LogP contribution in [0, 0.1) is 17.8 Å². The minimum absolute atomic E-state index is 0.00688. The fourth-order valence-corrected chi connectivity index (χ4v) is 7.11. The summed E-state index contributed by atoms with van der Waals surface area (Å²) in [5.74, 6) is -0.127. The van der Waals surface area contributed by atoms with Crippen molar-refractivity contribution in [1.29, 1.82) is 0 Å². The molecule has 5 N–H and O–H groups in total. The second-order valence-corrected chi connectivity index (χ2v) is 15.3. The number of methoxy groups -OCH3 is 2. The van der Waals surface area contributed by atoms with Crippen molar-refractivity contribution >= 4 is 12.0 Å². The first-order valence-electron chi connectivity index (χ1n) is 19.0. The minimum atomic E-state index is -0.981. The zero-order chi connectivity index (χ0) is 39.7. The minimum Gasteiger partial charge on any atom is -0.492 e.